The van der Waals surface area contributed by atoms with E-state index in [0.717, 1.165) is 0 Å². The number of phenols is 2. The Kier molecular flexibility index (Phi) is 4.61. The molecule has 0 atom stereocenters. The van der Waals surface area contributed by atoms with Crippen LogP contribution >= 0.6 is 0 Å². The largest absolute Gasteiger partial charge is 0.508 e. The fourth-order valence-corrected chi connectivity index (χ4v) is 1.31. The van der Waals surface area contributed by atoms with Crippen molar-refractivity contribution in [3.8, 4) is 23.4 Å². The lowest BCUT2D eigenvalue weighted by Gasteiger charge is -1.98. The van der Waals surface area contributed by atoms with Crippen molar-refractivity contribution >= 4 is 0 Å². The molecule has 2 bridgehead atoms. The maximum atomic E-state index is 8.63. The van der Waals surface area contributed by atoms with Crippen LogP contribution < -0.4 is 4.74 Å². The lowest BCUT2D eigenvalue weighted by molar-refractivity contribution is 0.386. The number of ether oxygens (including phenoxy) is 1. The number of phenolic OH excluding ortho intramolecular Hbond substituents is 2. The molecule has 5 heteroatoms. The third-order valence-corrected chi connectivity index (χ3v) is 2.24. The molecule has 2 aromatic carbocycles. The number of benzene rings is 2. The van der Waals surface area contributed by atoms with Crippen LogP contribution in [0, 0.1) is 0 Å². The van der Waals surface area contributed by atoms with Gasteiger partial charge in [0.15, 0.2) is 0 Å². The molecular formula is C15H14N2O3. The van der Waals surface area contributed by atoms with Gasteiger partial charge in [-0.2, -0.15) is 4.98 Å². The fourth-order valence-electron chi connectivity index (χ4n) is 1.31. The standard InChI is InChI=1S/2C6H6O.C3H2N2O/c2*7-6-4-2-1-3-5-6;1-2-5-3(4-1)6-2/h2*1-5,7H;1H,(H,4,5). The van der Waals surface area contributed by atoms with Crippen LogP contribution in [0.1, 0.15) is 0 Å². The zero-order valence-electron chi connectivity index (χ0n) is 10.6. The van der Waals surface area contributed by atoms with E-state index in [-0.39, 0.29) is 0 Å². The van der Waals surface area contributed by atoms with Crippen LogP contribution in [0.2, 0.25) is 0 Å². The van der Waals surface area contributed by atoms with Crippen LogP contribution in [0.3, 0.4) is 0 Å². The molecule has 0 radical (unpaired) electrons. The summed E-state index contributed by atoms with van der Waals surface area (Å²) in [6, 6.07) is 18.1. The van der Waals surface area contributed by atoms with Gasteiger partial charge in [-0.25, -0.2) is 0 Å². The molecule has 20 heavy (non-hydrogen) atoms. The molecule has 5 nitrogen and oxygen atoms in total. The number of nitrogens with one attached hydrogen (secondary N) is 1. The molecule has 0 saturated heterocycles. The molecule has 5 rings (SSSR count). The minimum absolute atomic E-state index is 0.322. The maximum absolute atomic E-state index is 8.63. The Morgan fingerprint density at radius 2 is 1.25 bits per heavy atom. The van der Waals surface area contributed by atoms with E-state index in [1.807, 2.05) is 12.1 Å². The first-order valence-corrected chi connectivity index (χ1v) is 5.95. The van der Waals surface area contributed by atoms with Gasteiger partial charge in [-0.05, 0) is 24.3 Å². The van der Waals surface area contributed by atoms with Crippen molar-refractivity contribution in [2.75, 3.05) is 0 Å². The monoisotopic (exact) mass is 270 g/mol. The van der Waals surface area contributed by atoms with Gasteiger partial charge < -0.3 is 19.9 Å². The average Bonchev–Trinajstić information content (AvgIpc) is 3.06. The highest BCUT2D eigenvalue weighted by molar-refractivity contribution is 5.23. The number of rotatable bonds is 0. The van der Waals surface area contributed by atoms with Crippen molar-refractivity contribution in [3.05, 3.63) is 66.9 Å². The fraction of sp³-hybridized carbons (Fsp3) is 0. The SMILES string of the molecule is Oc1ccccc1.Oc1ccccc1.c1[nH]c2nc1O2. The van der Waals surface area contributed by atoms with Gasteiger partial charge in [0.1, 0.15) is 11.5 Å². The van der Waals surface area contributed by atoms with E-state index in [1.54, 1.807) is 54.7 Å². The van der Waals surface area contributed by atoms with Gasteiger partial charge in [0.05, 0.1) is 6.20 Å². The molecular weight excluding hydrogens is 256 g/mol. The summed E-state index contributed by atoms with van der Waals surface area (Å²) in [6.45, 7) is 0. The predicted octanol–water partition coefficient (Wildman–Crippen LogP) is 3.30. The summed E-state index contributed by atoms with van der Waals surface area (Å²) in [5.74, 6) is 1.34. The summed E-state index contributed by atoms with van der Waals surface area (Å²) >= 11 is 0. The number of hydrogen-bond acceptors (Lipinski definition) is 4. The van der Waals surface area contributed by atoms with Crippen LogP contribution in [0.25, 0.3) is 0 Å². The highest BCUT2D eigenvalue weighted by atomic mass is 16.5. The van der Waals surface area contributed by atoms with Crippen molar-refractivity contribution in [2.45, 2.75) is 0 Å². The molecule has 0 amide bonds. The first-order valence-electron chi connectivity index (χ1n) is 5.95. The van der Waals surface area contributed by atoms with Gasteiger partial charge in [-0.15, -0.1) is 0 Å². The minimum atomic E-state index is 0.322. The van der Waals surface area contributed by atoms with E-state index in [4.69, 9.17) is 14.9 Å². The first kappa shape index (κ1) is 13.5. The van der Waals surface area contributed by atoms with Crippen LogP contribution in [0.4, 0.5) is 0 Å². The average molecular weight is 270 g/mol. The van der Waals surface area contributed by atoms with Gasteiger partial charge in [-0.3, -0.25) is 0 Å². The van der Waals surface area contributed by atoms with E-state index < -0.39 is 0 Å². The summed E-state index contributed by atoms with van der Waals surface area (Å²) in [4.78, 5) is 6.54. The molecule has 2 aliphatic rings. The van der Waals surface area contributed by atoms with E-state index in [1.165, 1.54) is 0 Å². The van der Waals surface area contributed by atoms with Crippen molar-refractivity contribution in [3.63, 3.8) is 0 Å². The van der Waals surface area contributed by atoms with E-state index in [9.17, 15) is 0 Å². The molecule has 1 aromatic heterocycles. The van der Waals surface area contributed by atoms with Gasteiger partial charge >= 0.3 is 6.01 Å². The third-order valence-electron chi connectivity index (χ3n) is 2.24. The molecule has 0 spiro atoms. The maximum Gasteiger partial charge on any atom is 0.304 e. The molecule has 0 fully saturated rings. The highest BCUT2D eigenvalue weighted by Gasteiger charge is 2.12. The van der Waals surface area contributed by atoms with Gasteiger partial charge in [0.25, 0.3) is 0 Å². The predicted molar refractivity (Wildman–Crippen MR) is 74.9 cm³/mol. The Hall–Kier alpha value is -2.95. The van der Waals surface area contributed by atoms with Crippen molar-refractivity contribution < 1.29 is 14.9 Å². The summed E-state index contributed by atoms with van der Waals surface area (Å²) in [7, 11) is 0. The Balaban J connectivity index is 0.000000110. The summed E-state index contributed by atoms with van der Waals surface area (Å²) in [5.41, 5.74) is 0. The number of hydrogen-bond donors (Lipinski definition) is 3. The Bertz CT molecular complexity index is 562. The number of aromatic hydroxyl groups is 2. The zero-order chi connectivity index (χ0) is 14.2. The van der Waals surface area contributed by atoms with Crippen LogP contribution in [0.15, 0.2) is 66.9 Å². The number of aromatic amines is 1. The minimum Gasteiger partial charge on any atom is -0.508 e. The number of para-hydroxylation sites is 2. The smallest absolute Gasteiger partial charge is 0.304 e. The van der Waals surface area contributed by atoms with Crippen LogP contribution in [-0.2, 0) is 0 Å². The number of imidazole rings is 1. The van der Waals surface area contributed by atoms with Crippen LogP contribution in [-0.4, -0.2) is 20.2 Å². The third kappa shape index (κ3) is 4.38. The van der Waals surface area contributed by atoms with Crippen molar-refractivity contribution in [1.29, 1.82) is 0 Å². The second-order valence-electron chi connectivity index (χ2n) is 3.82. The molecule has 3 N–H and O–H groups in total. The highest BCUT2D eigenvalue weighted by Crippen LogP contribution is 2.26. The second kappa shape index (κ2) is 6.84. The topological polar surface area (TPSA) is 78.4 Å². The number of H-pyrrole nitrogens is 1. The molecule has 102 valence electrons. The molecule has 2 aliphatic heterocycles. The number of fused-ring (bicyclic) bond motifs is 1. The Labute approximate surface area is 116 Å². The second-order valence-corrected chi connectivity index (χ2v) is 3.82. The summed E-state index contributed by atoms with van der Waals surface area (Å²) in [5, 5.41) is 17.3. The molecule has 0 aliphatic carbocycles. The zero-order valence-corrected chi connectivity index (χ0v) is 10.6. The lowest BCUT2D eigenvalue weighted by atomic mass is 10.3. The number of aromatic nitrogens is 2. The van der Waals surface area contributed by atoms with E-state index in [2.05, 4.69) is 9.97 Å². The Morgan fingerprint density at radius 1 is 0.800 bits per heavy atom. The molecule has 3 aromatic rings. The van der Waals surface area contributed by atoms with Gasteiger partial charge in [0, 0.05) is 0 Å². The van der Waals surface area contributed by atoms with Gasteiger partial charge in [0.2, 0.25) is 5.88 Å². The lowest BCUT2D eigenvalue weighted by Crippen LogP contribution is -1.90. The van der Waals surface area contributed by atoms with Crippen molar-refractivity contribution in [1.82, 2.24) is 9.97 Å². The summed E-state index contributed by atoms with van der Waals surface area (Å²) < 4.78 is 4.75. The molecule has 0 unspecified atom stereocenters. The molecule has 3 heterocycles. The molecule has 0 saturated carbocycles. The first-order chi connectivity index (χ1) is 9.74. The normalized spacial score (nSPS) is 9.80. The van der Waals surface area contributed by atoms with Crippen molar-refractivity contribution in [2.24, 2.45) is 0 Å². The van der Waals surface area contributed by atoms with Crippen LogP contribution in [0.5, 0.6) is 23.4 Å². The Morgan fingerprint density at radius 3 is 1.40 bits per heavy atom. The summed E-state index contributed by atoms with van der Waals surface area (Å²) in [6.07, 6.45) is 1.72. The van der Waals surface area contributed by atoms with Gasteiger partial charge in [-0.1, -0.05) is 36.4 Å². The quantitative estimate of drug-likeness (QED) is 0.458. The van der Waals surface area contributed by atoms with E-state index >= 15 is 0 Å². The number of nitrogens with zero attached hydrogens (tertiary/aromatic N) is 1. The van der Waals surface area contributed by atoms with E-state index in [0.29, 0.717) is 23.4 Å².